The largest absolute Gasteiger partial charge is 0.484 e. The Morgan fingerprint density at radius 2 is 2.06 bits per heavy atom. The fourth-order valence-corrected chi connectivity index (χ4v) is 1.33. The molecule has 5 heteroatoms. The molecule has 0 saturated heterocycles. The minimum absolute atomic E-state index is 0.00965. The van der Waals surface area contributed by atoms with Gasteiger partial charge in [-0.3, -0.25) is 14.8 Å². The van der Waals surface area contributed by atoms with Gasteiger partial charge in [-0.2, -0.15) is 0 Å². The molecule has 0 bridgehead atoms. The van der Waals surface area contributed by atoms with Gasteiger partial charge in [0.1, 0.15) is 5.75 Å². The summed E-state index contributed by atoms with van der Waals surface area (Å²) in [6.45, 7) is 0.342. The highest BCUT2D eigenvalue weighted by molar-refractivity contribution is 5.77. The molecule has 0 unspecified atom stereocenters. The van der Waals surface area contributed by atoms with Crippen molar-refractivity contribution in [2.45, 2.75) is 6.54 Å². The monoisotopic (exact) mass is 243 g/mol. The molecule has 0 radical (unpaired) electrons. The van der Waals surface area contributed by atoms with Crippen molar-refractivity contribution in [1.82, 2.24) is 15.3 Å². The van der Waals surface area contributed by atoms with Gasteiger partial charge in [-0.15, -0.1) is 0 Å². The highest BCUT2D eigenvalue weighted by Gasteiger charge is 2.02. The fourth-order valence-electron chi connectivity index (χ4n) is 1.33. The minimum atomic E-state index is -0.190. The van der Waals surface area contributed by atoms with E-state index in [2.05, 4.69) is 15.3 Å². The van der Waals surface area contributed by atoms with Gasteiger partial charge in [0.25, 0.3) is 5.91 Å². The van der Waals surface area contributed by atoms with Crippen LogP contribution in [0.2, 0.25) is 0 Å². The smallest absolute Gasteiger partial charge is 0.258 e. The number of nitrogens with one attached hydrogen (secondary N) is 1. The van der Waals surface area contributed by atoms with Crippen LogP contribution in [0.1, 0.15) is 5.69 Å². The topological polar surface area (TPSA) is 64.1 Å². The Hall–Kier alpha value is -2.43. The first kappa shape index (κ1) is 12.0. The summed E-state index contributed by atoms with van der Waals surface area (Å²) in [6, 6.07) is 9.20. The van der Waals surface area contributed by atoms with Gasteiger partial charge >= 0.3 is 0 Å². The Balaban J connectivity index is 1.73. The van der Waals surface area contributed by atoms with Crippen LogP contribution in [0.4, 0.5) is 0 Å². The van der Waals surface area contributed by atoms with Gasteiger partial charge in [-0.25, -0.2) is 0 Å². The van der Waals surface area contributed by atoms with Crippen LogP contribution in [0.5, 0.6) is 5.75 Å². The summed E-state index contributed by atoms with van der Waals surface area (Å²) in [7, 11) is 0. The summed E-state index contributed by atoms with van der Waals surface area (Å²) < 4.78 is 5.31. The first-order valence-electron chi connectivity index (χ1n) is 5.54. The van der Waals surface area contributed by atoms with Crippen LogP contribution in [0.25, 0.3) is 0 Å². The van der Waals surface area contributed by atoms with Gasteiger partial charge in [-0.05, 0) is 12.1 Å². The van der Waals surface area contributed by atoms with Crippen molar-refractivity contribution in [3.8, 4) is 5.75 Å². The maximum absolute atomic E-state index is 11.5. The second-order valence-corrected chi connectivity index (χ2v) is 3.58. The third kappa shape index (κ3) is 3.86. The third-order valence-corrected chi connectivity index (χ3v) is 2.20. The summed E-state index contributed by atoms with van der Waals surface area (Å²) in [5.74, 6) is 0.483. The Labute approximate surface area is 105 Å². The first-order chi connectivity index (χ1) is 8.84. The molecule has 5 nitrogen and oxygen atoms in total. The van der Waals surface area contributed by atoms with Gasteiger partial charge < -0.3 is 10.1 Å². The molecule has 1 N–H and O–H groups in total. The zero-order valence-electron chi connectivity index (χ0n) is 9.74. The molecule has 1 aromatic heterocycles. The third-order valence-electron chi connectivity index (χ3n) is 2.20. The lowest BCUT2D eigenvalue weighted by Gasteiger charge is -2.06. The fraction of sp³-hybridized carbons (Fsp3) is 0.154. The molecular formula is C13H13N3O2. The molecule has 18 heavy (non-hydrogen) atoms. The number of amides is 1. The molecule has 92 valence electrons. The molecule has 0 aliphatic rings. The molecule has 0 fully saturated rings. The second kappa shape index (κ2) is 6.34. The zero-order chi connectivity index (χ0) is 12.6. The van der Waals surface area contributed by atoms with Crippen molar-refractivity contribution in [1.29, 1.82) is 0 Å². The van der Waals surface area contributed by atoms with Crippen molar-refractivity contribution in [3.05, 3.63) is 54.6 Å². The van der Waals surface area contributed by atoms with E-state index >= 15 is 0 Å². The van der Waals surface area contributed by atoms with Crippen LogP contribution in [-0.2, 0) is 11.3 Å². The molecular weight excluding hydrogens is 230 g/mol. The molecule has 0 saturated carbocycles. The lowest BCUT2D eigenvalue weighted by atomic mass is 10.3. The number of carbonyl (C=O) groups is 1. The van der Waals surface area contributed by atoms with E-state index in [1.807, 2.05) is 18.2 Å². The Kier molecular flexibility index (Phi) is 4.24. The first-order valence-corrected chi connectivity index (χ1v) is 5.54. The summed E-state index contributed by atoms with van der Waals surface area (Å²) in [5.41, 5.74) is 0.713. The summed E-state index contributed by atoms with van der Waals surface area (Å²) in [4.78, 5) is 19.5. The maximum atomic E-state index is 11.5. The number of carbonyl (C=O) groups excluding carboxylic acids is 1. The average molecular weight is 243 g/mol. The predicted octanol–water partition coefficient (Wildman–Crippen LogP) is 1.17. The Morgan fingerprint density at radius 3 is 2.78 bits per heavy atom. The van der Waals surface area contributed by atoms with E-state index in [1.54, 1.807) is 30.7 Å². The zero-order valence-corrected chi connectivity index (χ0v) is 9.74. The SMILES string of the molecule is O=C(COc1ccccc1)NCc1cnccn1. The highest BCUT2D eigenvalue weighted by Crippen LogP contribution is 2.07. The highest BCUT2D eigenvalue weighted by atomic mass is 16.5. The van der Waals surface area contributed by atoms with Crippen molar-refractivity contribution in [2.75, 3.05) is 6.61 Å². The van der Waals surface area contributed by atoms with Gasteiger partial charge in [-0.1, -0.05) is 18.2 Å². The van der Waals surface area contributed by atoms with Crippen LogP contribution in [-0.4, -0.2) is 22.5 Å². The predicted molar refractivity (Wildman–Crippen MR) is 65.8 cm³/mol. The van der Waals surface area contributed by atoms with Gasteiger partial charge in [0.2, 0.25) is 0 Å². The molecule has 1 amide bonds. The lowest BCUT2D eigenvalue weighted by molar-refractivity contribution is -0.123. The molecule has 2 aromatic rings. The standard InChI is InChI=1S/C13H13N3O2/c17-13(10-18-12-4-2-1-3-5-12)16-9-11-8-14-6-7-15-11/h1-8H,9-10H2,(H,16,17). The molecule has 2 rings (SSSR count). The normalized spacial score (nSPS) is 9.78. The average Bonchev–Trinajstić information content (AvgIpc) is 2.45. The van der Waals surface area contributed by atoms with Crippen LogP contribution < -0.4 is 10.1 Å². The van der Waals surface area contributed by atoms with Crippen molar-refractivity contribution < 1.29 is 9.53 Å². The summed E-state index contributed by atoms with van der Waals surface area (Å²) in [6.07, 6.45) is 4.78. The Morgan fingerprint density at radius 1 is 1.22 bits per heavy atom. The molecule has 0 aliphatic heterocycles. The summed E-state index contributed by atoms with van der Waals surface area (Å²) in [5, 5.41) is 2.70. The number of benzene rings is 1. The number of hydrogen-bond donors (Lipinski definition) is 1. The number of nitrogens with zero attached hydrogens (tertiary/aromatic N) is 2. The van der Waals surface area contributed by atoms with Crippen LogP contribution in [0.15, 0.2) is 48.9 Å². The lowest BCUT2D eigenvalue weighted by Crippen LogP contribution is -2.28. The molecule has 0 atom stereocenters. The van der Waals surface area contributed by atoms with Crippen molar-refractivity contribution >= 4 is 5.91 Å². The van der Waals surface area contributed by atoms with E-state index in [4.69, 9.17) is 4.74 Å². The second-order valence-electron chi connectivity index (χ2n) is 3.58. The number of aromatic nitrogens is 2. The molecule has 1 heterocycles. The van der Waals surface area contributed by atoms with Crippen molar-refractivity contribution in [2.24, 2.45) is 0 Å². The molecule has 0 aliphatic carbocycles. The molecule has 1 aromatic carbocycles. The maximum Gasteiger partial charge on any atom is 0.258 e. The van der Waals surface area contributed by atoms with Crippen molar-refractivity contribution in [3.63, 3.8) is 0 Å². The van der Waals surface area contributed by atoms with Crippen LogP contribution in [0, 0.1) is 0 Å². The van der Waals surface area contributed by atoms with E-state index in [9.17, 15) is 4.79 Å². The quantitative estimate of drug-likeness (QED) is 0.856. The van der Waals surface area contributed by atoms with E-state index in [-0.39, 0.29) is 12.5 Å². The number of para-hydroxylation sites is 1. The minimum Gasteiger partial charge on any atom is -0.484 e. The van der Waals surface area contributed by atoms with Gasteiger partial charge in [0.15, 0.2) is 6.61 Å². The van der Waals surface area contributed by atoms with Gasteiger partial charge in [0.05, 0.1) is 18.4 Å². The van der Waals surface area contributed by atoms with E-state index < -0.39 is 0 Å². The van der Waals surface area contributed by atoms with Crippen LogP contribution >= 0.6 is 0 Å². The number of ether oxygens (including phenoxy) is 1. The van der Waals surface area contributed by atoms with E-state index in [1.165, 1.54) is 0 Å². The molecule has 0 spiro atoms. The summed E-state index contributed by atoms with van der Waals surface area (Å²) >= 11 is 0. The van der Waals surface area contributed by atoms with Gasteiger partial charge in [0, 0.05) is 12.4 Å². The number of rotatable bonds is 5. The number of hydrogen-bond acceptors (Lipinski definition) is 4. The van der Waals surface area contributed by atoms with Crippen LogP contribution in [0.3, 0.4) is 0 Å². The Bertz CT molecular complexity index is 443. The van der Waals surface area contributed by atoms with E-state index in [0.29, 0.717) is 18.0 Å². The van der Waals surface area contributed by atoms with E-state index in [0.717, 1.165) is 0 Å².